The smallest absolute Gasteiger partial charge is 0.257 e. The van der Waals surface area contributed by atoms with Crippen LogP contribution in [0.15, 0.2) is 76.2 Å². The van der Waals surface area contributed by atoms with Gasteiger partial charge < -0.3 is 9.15 Å². The molecule has 33 heavy (non-hydrogen) atoms. The van der Waals surface area contributed by atoms with E-state index in [1.807, 2.05) is 31.2 Å². The van der Waals surface area contributed by atoms with E-state index in [-0.39, 0.29) is 17.3 Å². The molecule has 0 atom stereocenters. The van der Waals surface area contributed by atoms with Crippen molar-refractivity contribution in [1.29, 1.82) is 0 Å². The lowest BCUT2D eigenvalue weighted by atomic mass is 10.1. The Morgan fingerprint density at radius 3 is 2.45 bits per heavy atom. The third-order valence-electron chi connectivity index (χ3n) is 4.82. The molecule has 1 amide bonds. The summed E-state index contributed by atoms with van der Waals surface area (Å²) in [5.41, 5.74) is 2.02. The van der Waals surface area contributed by atoms with Gasteiger partial charge in [0.05, 0.1) is 30.5 Å². The number of thiazole rings is 1. The van der Waals surface area contributed by atoms with Crippen molar-refractivity contribution in [1.82, 2.24) is 9.71 Å². The average molecular weight is 484 g/mol. The van der Waals surface area contributed by atoms with E-state index in [9.17, 15) is 13.2 Å². The summed E-state index contributed by atoms with van der Waals surface area (Å²) in [5, 5.41) is 3.24. The maximum Gasteiger partial charge on any atom is 0.257 e. The molecule has 0 bridgehead atoms. The summed E-state index contributed by atoms with van der Waals surface area (Å²) in [7, 11) is -2.13. The van der Waals surface area contributed by atoms with Crippen LogP contribution in [0.1, 0.15) is 21.0 Å². The minimum absolute atomic E-state index is 0.0392. The van der Waals surface area contributed by atoms with Crippen molar-refractivity contribution < 1.29 is 22.4 Å². The van der Waals surface area contributed by atoms with Gasteiger partial charge in [-0.3, -0.25) is 10.1 Å². The van der Waals surface area contributed by atoms with E-state index >= 15 is 0 Å². The van der Waals surface area contributed by atoms with Crippen LogP contribution < -0.4 is 14.8 Å². The molecule has 2 heterocycles. The summed E-state index contributed by atoms with van der Waals surface area (Å²) in [4.78, 5) is 18.2. The van der Waals surface area contributed by atoms with Crippen LogP contribution in [0.25, 0.3) is 11.3 Å². The molecule has 0 aliphatic carbocycles. The van der Waals surface area contributed by atoms with Crippen LogP contribution in [0.5, 0.6) is 5.75 Å². The average Bonchev–Trinajstić information content (AvgIpc) is 3.47. The number of methoxy groups -OCH3 is 1. The summed E-state index contributed by atoms with van der Waals surface area (Å²) >= 11 is 1.37. The summed E-state index contributed by atoms with van der Waals surface area (Å²) in [6.07, 6.45) is 1.47. The first-order valence-corrected chi connectivity index (χ1v) is 12.2. The molecule has 4 aromatic rings. The Bertz CT molecular complexity index is 1340. The first-order chi connectivity index (χ1) is 15.9. The van der Waals surface area contributed by atoms with Crippen LogP contribution in [0.2, 0.25) is 0 Å². The van der Waals surface area contributed by atoms with Crippen LogP contribution in [-0.4, -0.2) is 26.4 Å². The molecule has 2 aromatic heterocycles. The number of sulfonamides is 1. The van der Waals surface area contributed by atoms with Crippen molar-refractivity contribution in [2.75, 3.05) is 12.4 Å². The van der Waals surface area contributed by atoms with Crippen molar-refractivity contribution in [3.63, 3.8) is 0 Å². The summed E-state index contributed by atoms with van der Waals surface area (Å²) in [5.74, 6) is 0.877. The molecule has 0 unspecified atom stereocenters. The Labute approximate surface area is 195 Å². The highest BCUT2D eigenvalue weighted by Gasteiger charge is 2.17. The molecule has 10 heteroatoms. The Balaban J connectivity index is 1.43. The van der Waals surface area contributed by atoms with Crippen molar-refractivity contribution >= 4 is 32.4 Å². The standard InChI is InChI=1S/C23H21N3O5S2/c1-15-21(16-5-9-18(30-2)10-6-16)25-23(32-15)26-22(27)17-7-11-20(12-8-17)33(28,29)24-14-19-4-3-13-31-19/h3-13,24H,14H2,1-2H3,(H,25,26,27). The van der Waals surface area contributed by atoms with Gasteiger partial charge in [-0.05, 0) is 67.6 Å². The Morgan fingerprint density at radius 1 is 1.09 bits per heavy atom. The van der Waals surface area contributed by atoms with Crippen molar-refractivity contribution in [3.8, 4) is 17.0 Å². The molecule has 8 nitrogen and oxygen atoms in total. The fourth-order valence-corrected chi connectivity index (χ4v) is 4.91. The van der Waals surface area contributed by atoms with Gasteiger partial charge in [0.25, 0.3) is 5.91 Å². The van der Waals surface area contributed by atoms with Gasteiger partial charge in [-0.15, -0.1) is 11.3 Å². The highest BCUT2D eigenvalue weighted by molar-refractivity contribution is 7.89. The predicted molar refractivity (Wildman–Crippen MR) is 126 cm³/mol. The second kappa shape index (κ2) is 9.57. The summed E-state index contributed by atoms with van der Waals surface area (Å²) in [6, 6.07) is 16.6. The van der Waals surface area contributed by atoms with Gasteiger partial charge in [0.2, 0.25) is 10.0 Å². The number of anilines is 1. The number of rotatable bonds is 8. The van der Waals surface area contributed by atoms with Gasteiger partial charge in [0, 0.05) is 16.0 Å². The van der Waals surface area contributed by atoms with Crippen LogP contribution in [-0.2, 0) is 16.6 Å². The largest absolute Gasteiger partial charge is 0.497 e. The minimum atomic E-state index is -3.74. The van der Waals surface area contributed by atoms with Crippen molar-refractivity contribution in [2.45, 2.75) is 18.4 Å². The van der Waals surface area contributed by atoms with Gasteiger partial charge in [0.1, 0.15) is 11.5 Å². The van der Waals surface area contributed by atoms with E-state index in [1.54, 1.807) is 19.2 Å². The van der Waals surface area contributed by atoms with E-state index < -0.39 is 10.0 Å². The minimum Gasteiger partial charge on any atom is -0.497 e. The molecule has 0 radical (unpaired) electrons. The lowest BCUT2D eigenvalue weighted by molar-refractivity contribution is 0.102. The Kier molecular flexibility index (Phi) is 6.59. The number of aryl methyl sites for hydroxylation is 1. The Hall–Kier alpha value is -3.47. The number of carbonyl (C=O) groups is 1. The zero-order valence-corrected chi connectivity index (χ0v) is 19.5. The number of carbonyl (C=O) groups excluding carboxylic acids is 1. The summed E-state index contributed by atoms with van der Waals surface area (Å²) in [6.45, 7) is 1.97. The molecule has 0 aliphatic rings. The number of furan rings is 1. The third kappa shape index (κ3) is 5.30. The molecule has 4 rings (SSSR count). The molecule has 0 saturated carbocycles. The van der Waals surface area contributed by atoms with Gasteiger partial charge in [0.15, 0.2) is 5.13 Å². The first kappa shape index (κ1) is 22.7. The molecule has 0 spiro atoms. The normalized spacial score (nSPS) is 11.3. The molecule has 0 fully saturated rings. The number of hydrogen-bond acceptors (Lipinski definition) is 7. The number of ether oxygens (including phenoxy) is 1. The number of hydrogen-bond donors (Lipinski definition) is 2. The molecule has 0 aliphatic heterocycles. The predicted octanol–water partition coefficient (Wildman–Crippen LogP) is 4.45. The SMILES string of the molecule is COc1ccc(-c2nc(NC(=O)c3ccc(S(=O)(=O)NCc4ccco4)cc3)sc2C)cc1. The lowest BCUT2D eigenvalue weighted by Gasteiger charge is -2.07. The fraction of sp³-hybridized carbons (Fsp3) is 0.130. The number of aromatic nitrogens is 1. The fourth-order valence-electron chi connectivity index (χ4n) is 3.08. The first-order valence-electron chi connectivity index (χ1n) is 9.91. The van der Waals surface area contributed by atoms with Crippen LogP contribution >= 0.6 is 11.3 Å². The number of benzene rings is 2. The van der Waals surface area contributed by atoms with E-state index in [2.05, 4.69) is 15.0 Å². The van der Waals surface area contributed by atoms with Crippen LogP contribution in [0.3, 0.4) is 0 Å². The molecule has 2 aromatic carbocycles. The highest BCUT2D eigenvalue weighted by Crippen LogP contribution is 2.31. The van der Waals surface area contributed by atoms with Gasteiger partial charge in [-0.2, -0.15) is 0 Å². The van der Waals surface area contributed by atoms with Gasteiger partial charge >= 0.3 is 0 Å². The van der Waals surface area contributed by atoms with E-state index in [0.717, 1.165) is 21.9 Å². The molecular formula is C23H21N3O5S2. The van der Waals surface area contributed by atoms with E-state index in [0.29, 0.717) is 16.5 Å². The number of nitrogens with one attached hydrogen (secondary N) is 2. The second-order valence-electron chi connectivity index (χ2n) is 7.03. The number of nitrogens with zero attached hydrogens (tertiary/aromatic N) is 1. The third-order valence-corrected chi connectivity index (χ3v) is 7.13. The topological polar surface area (TPSA) is 111 Å². The zero-order valence-electron chi connectivity index (χ0n) is 17.9. The molecule has 2 N–H and O–H groups in total. The molecule has 170 valence electrons. The van der Waals surface area contributed by atoms with Gasteiger partial charge in [-0.1, -0.05) is 0 Å². The van der Waals surface area contributed by atoms with E-state index in [4.69, 9.17) is 9.15 Å². The monoisotopic (exact) mass is 483 g/mol. The molecule has 0 saturated heterocycles. The highest BCUT2D eigenvalue weighted by atomic mass is 32.2. The summed E-state index contributed by atoms with van der Waals surface area (Å²) < 4.78 is 37.7. The van der Waals surface area contributed by atoms with Crippen molar-refractivity contribution in [2.24, 2.45) is 0 Å². The quantitative estimate of drug-likeness (QED) is 0.383. The lowest BCUT2D eigenvalue weighted by Crippen LogP contribution is -2.23. The number of amides is 1. The maximum atomic E-state index is 12.7. The van der Waals surface area contributed by atoms with Gasteiger partial charge in [-0.25, -0.2) is 18.1 Å². The van der Waals surface area contributed by atoms with Crippen LogP contribution in [0.4, 0.5) is 5.13 Å². The Morgan fingerprint density at radius 2 is 1.82 bits per heavy atom. The second-order valence-corrected chi connectivity index (χ2v) is 10.0. The maximum absolute atomic E-state index is 12.7. The van der Waals surface area contributed by atoms with Crippen LogP contribution in [0, 0.1) is 6.92 Å². The molecular weight excluding hydrogens is 462 g/mol. The zero-order chi connectivity index (χ0) is 23.4. The van der Waals surface area contributed by atoms with E-state index in [1.165, 1.54) is 41.9 Å². The van der Waals surface area contributed by atoms with Crippen molar-refractivity contribution in [3.05, 3.63) is 83.1 Å².